The van der Waals surface area contributed by atoms with Crippen LogP contribution in [0.15, 0.2) is 0 Å². The Labute approximate surface area is 105 Å². The lowest BCUT2D eigenvalue weighted by atomic mass is 10.0. The van der Waals surface area contributed by atoms with Crippen LogP contribution in [0, 0.1) is 0 Å². The fraction of sp³-hybridized carbons (Fsp3) is 0.667. The van der Waals surface area contributed by atoms with E-state index in [2.05, 4.69) is 0 Å². The lowest BCUT2D eigenvalue weighted by Crippen LogP contribution is -2.23. The molecule has 1 aliphatic rings. The number of epoxide rings is 1. The smallest absolute Gasteiger partial charge is 0.249 e. The highest BCUT2D eigenvalue weighted by atomic mass is 16.6. The van der Waals surface area contributed by atoms with Crippen LogP contribution in [0.1, 0.15) is 39.0 Å². The molecule has 2 N–H and O–H groups in total. The van der Waals surface area contributed by atoms with E-state index >= 15 is 0 Å². The van der Waals surface area contributed by atoms with Gasteiger partial charge >= 0.3 is 0 Å². The third-order valence-electron chi connectivity index (χ3n) is 2.82. The second kappa shape index (κ2) is 6.39. The van der Waals surface area contributed by atoms with Gasteiger partial charge in [0, 0.05) is 32.1 Å². The van der Waals surface area contributed by atoms with Gasteiger partial charge in [0.1, 0.15) is 11.6 Å². The molecular weight excluding hydrogens is 238 g/mol. The van der Waals surface area contributed by atoms with E-state index in [1.807, 2.05) is 0 Å². The maximum absolute atomic E-state index is 11.5. The molecule has 2 unspecified atom stereocenters. The number of hydrogen-bond acceptors (Lipinski definition) is 5. The summed E-state index contributed by atoms with van der Waals surface area (Å²) in [7, 11) is 0. The number of nitrogens with two attached hydrogens (primary N) is 1. The van der Waals surface area contributed by atoms with Gasteiger partial charge in [0.15, 0.2) is 18.0 Å². The Morgan fingerprint density at radius 3 is 2.00 bits per heavy atom. The molecule has 0 radical (unpaired) electrons. The van der Waals surface area contributed by atoms with Gasteiger partial charge in [-0.05, 0) is 0 Å². The highest BCUT2D eigenvalue weighted by Crippen LogP contribution is 2.24. The van der Waals surface area contributed by atoms with Gasteiger partial charge in [0.05, 0.1) is 0 Å². The van der Waals surface area contributed by atoms with E-state index in [-0.39, 0.29) is 43.0 Å². The Morgan fingerprint density at radius 1 is 0.944 bits per heavy atom. The predicted octanol–water partition coefficient (Wildman–Crippen LogP) is -0.0832. The number of carbonyl (C=O) groups excluding carboxylic acids is 4. The van der Waals surface area contributed by atoms with Gasteiger partial charge in [0.2, 0.25) is 5.91 Å². The van der Waals surface area contributed by atoms with Crippen LogP contribution in [0.2, 0.25) is 0 Å². The van der Waals surface area contributed by atoms with Gasteiger partial charge < -0.3 is 10.5 Å². The van der Waals surface area contributed by atoms with Gasteiger partial charge in [-0.2, -0.15) is 0 Å². The third-order valence-corrected chi connectivity index (χ3v) is 2.82. The third kappa shape index (κ3) is 4.37. The van der Waals surface area contributed by atoms with Crippen LogP contribution in [0.5, 0.6) is 0 Å². The van der Waals surface area contributed by atoms with Crippen molar-refractivity contribution in [3.63, 3.8) is 0 Å². The van der Waals surface area contributed by atoms with Gasteiger partial charge in [-0.1, -0.05) is 6.92 Å². The van der Waals surface area contributed by atoms with Crippen molar-refractivity contribution in [2.75, 3.05) is 0 Å². The van der Waals surface area contributed by atoms with Crippen molar-refractivity contribution < 1.29 is 23.9 Å². The van der Waals surface area contributed by atoms with Crippen molar-refractivity contribution in [2.45, 2.75) is 51.2 Å². The average molecular weight is 255 g/mol. The predicted molar refractivity (Wildman–Crippen MR) is 61.6 cm³/mol. The first-order valence-electron chi connectivity index (χ1n) is 5.96. The zero-order chi connectivity index (χ0) is 13.7. The molecule has 18 heavy (non-hydrogen) atoms. The summed E-state index contributed by atoms with van der Waals surface area (Å²) < 4.78 is 4.80. The summed E-state index contributed by atoms with van der Waals surface area (Å²) in [6, 6.07) is 0. The van der Waals surface area contributed by atoms with Gasteiger partial charge in [-0.25, -0.2) is 0 Å². The number of amides is 1. The summed E-state index contributed by atoms with van der Waals surface area (Å²) in [5, 5.41) is 0. The fourth-order valence-corrected chi connectivity index (χ4v) is 1.56. The van der Waals surface area contributed by atoms with E-state index in [1.165, 1.54) is 0 Å². The van der Waals surface area contributed by atoms with E-state index in [0.29, 0.717) is 6.42 Å². The number of primary amides is 1. The first-order valence-corrected chi connectivity index (χ1v) is 5.96. The number of rotatable bonds is 9. The highest BCUT2D eigenvalue weighted by molar-refractivity contribution is 5.97. The highest BCUT2D eigenvalue weighted by Gasteiger charge is 2.48. The molecular formula is C12H17NO5. The first-order chi connectivity index (χ1) is 8.45. The molecule has 1 fully saturated rings. The van der Waals surface area contributed by atoms with Crippen molar-refractivity contribution >= 4 is 23.3 Å². The van der Waals surface area contributed by atoms with Crippen molar-refractivity contribution in [2.24, 2.45) is 5.73 Å². The van der Waals surface area contributed by atoms with E-state index in [1.54, 1.807) is 6.92 Å². The lowest BCUT2D eigenvalue weighted by molar-refractivity contribution is -0.126. The molecule has 6 nitrogen and oxygen atoms in total. The molecule has 0 spiro atoms. The zero-order valence-electron chi connectivity index (χ0n) is 10.3. The number of ether oxygens (including phenoxy) is 1. The number of hydrogen-bond donors (Lipinski definition) is 1. The van der Waals surface area contributed by atoms with Crippen molar-refractivity contribution in [3.8, 4) is 0 Å². The topological polar surface area (TPSA) is 107 Å². The quantitative estimate of drug-likeness (QED) is 0.580. The summed E-state index contributed by atoms with van der Waals surface area (Å²) in [5.74, 6) is -1.03. The molecule has 1 rings (SSSR count). The van der Waals surface area contributed by atoms with E-state index in [4.69, 9.17) is 10.5 Å². The molecule has 6 heteroatoms. The Bertz CT molecular complexity index is 377. The molecule has 1 heterocycles. The van der Waals surface area contributed by atoms with E-state index in [9.17, 15) is 19.2 Å². The molecule has 1 aliphatic heterocycles. The zero-order valence-corrected chi connectivity index (χ0v) is 10.3. The normalized spacial score (nSPS) is 21.4. The van der Waals surface area contributed by atoms with Crippen molar-refractivity contribution in [1.29, 1.82) is 0 Å². The van der Waals surface area contributed by atoms with Crippen LogP contribution in [0.25, 0.3) is 0 Å². The standard InChI is InChI=1S/C12H17NO5/c1-2-7(14)3-4-8(15)5-6-9(16)10-11(18-10)12(13)17/h10-11H,2-6H2,1H3,(H2,13,17). The van der Waals surface area contributed by atoms with Crippen LogP contribution >= 0.6 is 0 Å². The Morgan fingerprint density at radius 2 is 1.50 bits per heavy atom. The fourth-order valence-electron chi connectivity index (χ4n) is 1.56. The first kappa shape index (κ1) is 14.5. The summed E-state index contributed by atoms with van der Waals surface area (Å²) in [4.78, 5) is 44.5. The summed E-state index contributed by atoms with van der Waals surface area (Å²) >= 11 is 0. The minimum absolute atomic E-state index is 0.0353. The summed E-state index contributed by atoms with van der Waals surface area (Å²) in [5.41, 5.74) is 4.96. The largest absolute Gasteiger partial charge is 0.367 e. The molecule has 1 saturated heterocycles. The maximum atomic E-state index is 11.5. The molecule has 0 bridgehead atoms. The van der Waals surface area contributed by atoms with Gasteiger partial charge in [-0.15, -0.1) is 0 Å². The number of carbonyl (C=O) groups is 4. The van der Waals surface area contributed by atoms with Crippen molar-refractivity contribution in [1.82, 2.24) is 0 Å². The van der Waals surface area contributed by atoms with E-state index < -0.39 is 18.1 Å². The lowest BCUT2D eigenvalue weighted by Gasteiger charge is -1.98. The Kier molecular flexibility index (Phi) is 5.15. The minimum Gasteiger partial charge on any atom is -0.367 e. The van der Waals surface area contributed by atoms with E-state index in [0.717, 1.165) is 0 Å². The molecule has 1 amide bonds. The van der Waals surface area contributed by atoms with Crippen LogP contribution in [-0.2, 0) is 23.9 Å². The molecule has 100 valence electrons. The van der Waals surface area contributed by atoms with Gasteiger partial charge in [0.25, 0.3) is 0 Å². The maximum Gasteiger partial charge on any atom is 0.249 e. The molecule has 2 atom stereocenters. The number of Topliss-reactive ketones (excluding diaryl/α,β-unsaturated/α-hetero) is 3. The Balaban J connectivity index is 2.17. The second-order valence-electron chi connectivity index (χ2n) is 4.28. The van der Waals surface area contributed by atoms with Gasteiger partial charge in [-0.3, -0.25) is 19.2 Å². The summed E-state index contributed by atoms with van der Waals surface area (Å²) in [6.45, 7) is 1.74. The minimum atomic E-state index is -0.825. The van der Waals surface area contributed by atoms with Crippen LogP contribution in [-0.4, -0.2) is 35.5 Å². The average Bonchev–Trinajstić information content (AvgIpc) is 3.13. The van der Waals surface area contributed by atoms with Crippen molar-refractivity contribution in [3.05, 3.63) is 0 Å². The molecule has 0 aromatic heterocycles. The summed E-state index contributed by atoms with van der Waals surface area (Å²) in [6.07, 6.45) is -0.656. The number of ketones is 3. The molecule has 0 aliphatic carbocycles. The van der Waals surface area contributed by atoms with Crippen LogP contribution in [0.4, 0.5) is 0 Å². The second-order valence-corrected chi connectivity index (χ2v) is 4.28. The Hall–Kier alpha value is -1.56. The monoisotopic (exact) mass is 255 g/mol. The SMILES string of the molecule is CCC(=O)CCC(=O)CCC(=O)C1OC1C(N)=O. The molecule has 0 aromatic rings. The molecule has 0 aromatic carbocycles. The molecule has 0 saturated carbocycles. The van der Waals surface area contributed by atoms with Crippen LogP contribution in [0.3, 0.4) is 0 Å². The van der Waals surface area contributed by atoms with Crippen LogP contribution < -0.4 is 5.73 Å².